The van der Waals surface area contributed by atoms with Crippen molar-refractivity contribution in [1.29, 1.82) is 0 Å². The SMILES string of the molecule is O=C(CCc1c[nH]c2ccccc12)Nc1nc2ccccc2nc1N1CCCC1. The summed E-state index contributed by atoms with van der Waals surface area (Å²) in [6, 6.07) is 16.0. The molecule has 0 unspecified atom stereocenters. The third-order valence-corrected chi connectivity index (χ3v) is 5.51. The van der Waals surface area contributed by atoms with Crippen molar-refractivity contribution in [1.82, 2.24) is 15.0 Å². The molecule has 0 spiro atoms. The van der Waals surface area contributed by atoms with Gasteiger partial charge in [-0.1, -0.05) is 30.3 Å². The van der Waals surface area contributed by atoms with Crippen LogP contribution in [0.15, 0.2) is 54.7 Å². The summed E-state index contributed by atoms with van der Waals surface area (Å²) < 4.78 is 0. The largest absolute Gasteiger partial charge is 0.361 e. The number of hydrogen-bond donors (Lipinski definition) is 2. The predicted molar refractivity (Wildman–Crippen MR) is 116 cm³/mol. The number of amides is 1. The van der Waals surface area contributed by atoms with Crippen LogP contribution in [0.5, 0.6) is 0 Å². The number of aryl methyl sites for hydroxylation is 1. The molecule has 1 aliphatic heterocycles. The van der Waals surface area contributed by atoms with Crippen LogP contribution in [-0.4, -0.2) is 33.9 Å². The zero-order valence-electron chi connectivity index (χ0n) is 16.2. The summed E-state index contributed by atoms with van der Waals surface area (Å²) >= 11 is 0. The molecule has 1 aliphatic rings. The lowest BCUT2D eigenvalue weighted by molar-refractivity contribution is -0.116. The predicted octanol–water partition coefficient (Wildman–Crippen LogP) is 4.28. The maximum Gasteiger partial charge on any atom is 0.225 e. The molecule has 3 heterocycles. The van der Waals surface area contributed by atoms with Crippen molar-refractivity contribution in [3.8, 4) is 0 Å². The Balaban J connectivity index is 1.37. The summed E-state index contributed by atoms with van der Waals surface area (Å²) in [6.07, 6.45) is 5.35. The molecule has 29 heavy (non-hydrogen) atoms. The number of H-pyrrole nitrogens is 1. The number of nitrogens with one attached hydrogen (secondary N) is 2. The zero-order chi connectivity index (χ0) is 19.6. The minimum Gasteiger partial charge on any atom is -0.361 e. The molecular weight excluding hydrogens is 362 g/mol. The minimum absolute atomic E-state index is 0.0414. The lowest BCUT2D eigenvalue weighted by atomic mass is 10.1. The highest BCUT2D eigenvalue weighted by molar-refractivity contribution is 5.94. The maximum absolute atomic E-state index is 12.7. The molecule has 1 fully saturated rings. The van der Waals surface area contributed by atoms with Crippen LogP contribution < -0.4 is 10.2 Å². The average Bonchev–Trinajstić information content (AvgIpc) is 3.42. The average molecular weight is 385 g/mol. The van der Waals surface area contributed by atoms with Crippen molar-refractivity contribution in [2.45, 2.75) is 25.7 Å². The number of fused-ring (bicyclic) bond motifs is 2. The topological polar surface area (TPSA) is 73.9 Å². The molecular formula is C23H23N5O. The highest BCUT2D eigenvalue weighted by atomic mass is 16.1. The van der Waals surface area contributed by atoms with Crippen LogP contribution in [0.2, 0.25) is 0 Å². The van der Waals surface area contributed by atoms with E-state index in [9.17, 15) is 4.79 Å². The third-order valence-electron chi connectivity index (χ3n) is 5.51. The molecule has 2 N–H and O–H groups in total. The van der Waals surface area contributed by atoms with Crippen molar-refractivity contribution in [2.24, 2.45) is 0 Å². The number of anilines is 2. The summed E-state index contributed by atoms with van der Waals surface area (Å²) in [5, 5.41) is 4.20. The van der Waals surface area contributed by atoms with Crippen LogP contribution in [-0.2, 0) is 11.2 Å². The number of benzene rings is 2. The molecule has 6 heteroatoms. The Morgan fingerprint density at radius 2 is 1.72 bits per heavy atom. The van der Waals surface area contributed by atoms with Crippen molar-refractivity contribution < 1.29 is 4.79 Å². The van der Waals surface area contributed by atoms with Crippen molar-refractivity contribution in [2.75, 3.05) is 23.3 Å². The van der Waals surface area contributed by atoms with E-state index >= 15 is 0 Å². The smallest absolute Gasteiger partial charge is 0.225 e. The Morgan fingerprint density at radius 3 is 2.55 bits per heavy atom. The van der Waals surface area contributed by atoms with Crippen molar-refractivity contribution in [3.63, 3.8) is 0 Å². The van der Waals surface area contributed by atoms with E-state index in [-0.39, 0.29) is 5.91 Å². The van der Waals surface area contributed by atoms with E-state index in [1.807, 2.05) is 48.7 Å². The van der Waals surface area contributed by atoms with Gasteiger partial charge in [-0.2, -0.15) is 0 Å². The molecule has 5 rings (SSSR count). The lowest BCUT2D eigenvalue weighted by Crippen LogP contribution is -2.23. The molecule has 0 aliphatic carbocycles. The first-order chi connectivity index (χ1) is 14.3. The molecule has 0 saturated carbocycles. The standard InChI is InChI=1S/C23H23N5O/c29-21(12-11-16-15-24-18-8-2-1-7-17(16)18)27-22-23(28-13-5-6-14-28)26-20-10-4-3-9-19(20)25-22/h1-4,7-10,15,24H,5-6,11-14H2,(H,25,27,29). The number of carbonyl (C=O) groups excluding carboxylic acids is 1. The van der Waals surface area contributed by atoms with E-state index in [0.717, 1.165) is 53.9 Å². The Morgan fingerprint density at radius 1 is 1.00 bits per heavy atom. The monoisotopic (exact) mass is 385 g/mol. The fraction of sp³-hybridized carbons (Fsp3) is 0.261. The van der Waals surface area contributed by atoms with Gasteiger partial charge in [0.1, 0.15) is 0 Å². The second kappa shape index (κ2) is 7.54. The van der Waals surface area contributed by atoms with Crippen LogP contribution in [0.1, 0.15) is 24.8 Å². The Kier molecular flexibility index (Phi) is 4.60. The van der Waals surface area contributed by atoms with Crippen LogP contribution in [0.4, 0.5) is 11.6 Å². The summed E-state index contributed by atoms with van der Waals surface area (Å²) in [5.41, 5.74) is 3.90. The number of carbonyl (C=O) groups is 1. The number of hydrogen-bond acceptors (Lipinski definition) is 4. The number of nitrogens with zero attached hydrogens (tertiary/aromatic N) is 3. The van der Waals surface area contributed by atoms with Gasteiger partial charge in [-0.15, -0.1) is 0 Å². The van der Waals surface area contributed by atoms with Gasteiger partial charge < -0.3 is 15.2 Å². The Hall–Kier alpha value is -3.41. The van der Waals surface area contributed by atoms with E-state index in [1.165, 1.54) is 5.39 Å². The molecule has 0 atom stereocenters. The number of rotatable bonds is 5. The fourth-order valence-corrected chi connectivity index (χ4v) is 4.01. The molecule has 0 bridgehead atoms. The number of para-hydroxylation sites is 3. The quantitative estimate of drug-likeness (QED) is 0.538. The molecule has 2 aromatic carbocycles. The molecule has 0 radical (unpaired) electrons. The van der Waals surface area contributed by atoms with Gasteiger partial charge >= 0.3 is 0 Å². The molecule has 1 amide bonds. The van der Waals surface area contributed by atoms with E-state index in [2.05, 4.69) is 21.3 Å². The van der Waals surface area contributed by atoms with Gasteiger partial charge in [0.15, 0.2) is 11.6 Å². The van der Waals surface area contributed by atoms with Gasteiger partial charge in [-0.25, -0.2) is 9.97 Å². The summed E-state index contributed by atoms with van der Waals surface area (Å²) in [5.74, 6) is 1.30. The minimum atomic E-state index is -0.0414. The van der Waals surface area contributed by atoms with Gasteiger partial charge in [0.05, 0.1) is 11.0 Å². The van der Waals surface area contributed by atoms with Gasteiger partial charge in [0.2, 0.25) is 5.91 Å². The van der Waals surface area contributed by atoms with E-state index in [1.54, 1.807) is 0 Å². The van der Waals surface area contributed by atoms with E-state index < -0.39 is 0 Å². The van der Waals surface area contributed by atoms with Gasteiger partial charge in [0.25, 0.3) is 0 Å². The van der Waals surface area contributed by atoms with Crippen molar-refractivity contribution in [3.05, 3.63) is 60.3 Å². The maximum atomic E-state index is 12.7. The molecule has 1 saturated heterocycles. The fourth-order valence-electron chi connectivity index (χ4n) is 4.01. The van der Waals surface area contributed by atoms with Crippen LogP contribution in [0.3, 0.4) is 0 Å². The first-order valence-electron chi connectivity index (χ1n) is 10.1. The van der Waals surface area contributed by atoms with E-state index in [0.29, 0.717) is 18.7 Å². The number of aromatic amines is 1. The first kappa shape index (κ1) is 17.7. The first-order valence-corrected chi connectivity index (χ1v) is 10.1. The van der Waals surface area contributed by atoms with Crippen LogP contribution in [0.25, 0.3) is 21.9 Å². The normalized spacial score (nSPS) is 14.0. The van der Waals surface area contributed by atoms with Crippen LogP contribution >= 0.6 is 0 Å². The number of aromatic nitrogens is 3. The van der Waals surface area contributed by atoms with Crippen molar-refractivity contribution >= 4 is 39.5 Å². The molecule has 146 valence electrons. The second-order valence-corrected chi connectivity index (χ2v) is 7.49. The highest BCUT2D eigenvalue weighted by Gasteiger charge is 2.20. The third kappa shape index (κ3) is 3.53. The van der Waals surface area contributed by atoms with Gasteiger partial charge in [-0.05, 0) is 43.0 Å². The summed E-state index contributed by atoms with van der Waals surface area (Å²) in [6.45, 7) is 1.90. The van der Waals surface area contributed by atoms with Gasteiger partial charge in [0, 0.05) is 36.6 Å². The Bertz CT molecular complexity index is 1180. The highest BCUT2D eigenvalue weighted by Crippen LogP contribution is 2.28. The molecule has 6 nitrogen and oxygen atoms in total. The molecule has 2 aromatic heterocycles. The molecule has 4 aromatic rings. The summed E-state index contributed by atoms with van der Waals surface area (Å²) in [7, 11) is 0. The zero-order valence-corrected chi connectivity index (χ0v) is 16.2. The van der Waals surface area contributed by atoms with E-state index in [4.69, 9.17) is 9.97 Å². The van der Waals surface area contributed by atoms with Crippen LogP contribution in [0, 0.1) is 0 Å². The summed E-state index contributed by atoms with van der Waals surface area (Å²) in [4.78, 5) is 27.7. The Labute approximate surface area is 169 Å². The lowest BCUT2D eigenvalue weighted by Gasteiger charge is -2.20. The van der Waals surface area contributed by atoms with Gasteiger partial charge in [-0.3, -0.25) is 4.79 Å². The second-order valence-electron chi connectivity index (χ2n) is 7.49.